The predicted octanol–water partition coefficient (Wildman–Crippen LogP) is 1.86. The van der Waals surface area contributed by atoms with Crippen LogP contribution in [-0.4, -0.2) is 25.2 Å². The molecule has 1 amide bonds. The first kappa shape index (κ1) is 15.0. The highest BCUT2D eigenvalue weighted by Gasteiger charge is 2.31. The lowest BCUT2D eigenvalue weighted by molar-refractivity contribution is -0.120. The van der Waals surface area contributed by atoms with E-state index in [2.05, 4.69) is 19.2 Å². The fourth-order valence-electron chi connectivity index (χ4n) is 2.91. The van der Waals surface area contributed by atoms with E-state index in [1.807, 2.05) is 30.3 Å². The average molecular weight is 276 g/mol. The molecule has 0 saturated carbocycles. The van der Waals surface area contributed by atoms with Crippen molar-refractivity contribution in [2.75, 3.05) is 13.2 Å². The number of ether oxygens (including phenoxy) is 1. The van der Waals surface area contributed by atoms with Crippen molar-refractivity contribution in [2.24, 2.45) is 17.6 Å². The summed E-state index contributed by atoms with van der Waals surface area (Å²) in [7, 11) is 0. The van der Waals surface area contributed by atoms with Crippen LogP contribution in [0.5, 0.6) is 0 Å². The van der Waals surface area contributed by atoms with Gasteiger partial charge in [-0.15, -0.1) is 0 Å². The minimum absolute atomic E-state index is 0.270. The molecule has 0 aliphatic carbocycles. The molecule has 4 heteroatoms. The molecule has 1 aromatic rings. The van der Waals surface area contributed by atoms with Crippen molar-refractivity contribution in [1.29, 1.82) is 0 Å². The van der Waals surface area contributed by atoms with Gasteiger partial charge in [0.25, 0.3) is 0 Å². The summed E-state index contributed by atoms with van der Waals surface area (Å²) >= 11 is 0. The van der Waals surface area contributed by atoms with Gasteiger partial charge in [-0.3, -0.25) is 4.79 Å². The number of carbonyl (C=O) groups is 1. The summed E-state index contributed by atoms with van der Waals surface area (Å²) in [5.41, 5.74) is 6.43. The number of nitrogens with two attached hydrogens (primary N) is 1. The van der Waals surface area contributed by atoms with Crippen LogP contribution >= 0.6 is 0 Å². The first-order valence-electron chi connectivity index (χ1n) is 7.29. The second kappa shape index (κ2) is 6.86. The molecule has 1 heterocycles. The average Bonchev–Trinajstić information content (AvgIpc) is 2.88. The van der Waals surface area contributed by atoms with Gasteiger partial charge in [0.1, 0.15) is 6.04 Å². The van der Waals surface area contributed by atoms with E-state index in [0.717, 1.165) is 25.1 Å². The van der Waals surface area contributed by atoms with Crippen LogP contribution in [0.4, 0.5) is 0 Å². The SMILES string of the molecule is CC(C)[C@H]1OCC[C@@H]1CNC(C(N)=O)c1ccccc1. The Hall–Kier alpha value is -1.39. The molecule has 1 aliphatic heterocycles. The van der Waals surface area contributed by atoms with E-state index in [0.29, 0.717) is 11.8 Å². The molecule has 110 valence electrons. The van der Waals surface area contributed by atoms with Gasteiger partial charge in [0.05, 0.1) is 6.10 Å². The van der Waals surface area contributed by atoms with Gasteiger partial charge in [-0.25, -0.2) is 0 Å². The standard InChI is InChI=1S/C16H24N2O2/c1-11(2)15-13(8-9-20-15)10-18-14(16(17)19)12-6-4-3-5-7-12/h3-7,11,13-15,18H,8-10H2,1-2H3,(H2,17,19)/t13-,14?,15-/m1/s1. The van der Waals surface area contributed by atoms with Crippen molar-refractivity contribution in [3.63, 3.8) is 0 Å². The number of rotatable bonds is 6. The van der Waals surface area contributed by atoms with E-state index in [9.17, 15) is 4.79 Å². The van der Waals surface area contributed by atoms with Crippen molar-refractivity contribution < 1.29 is 9.53 Å². The minimum atomic E-state index is -0.426. The highest BCUT2D eigenvalue weighted by atomic mass is 16.5. The van der Waals surface area contributed by atoms with Crippen LogP contribution in [0.25, 0.3) is 0 Å². The zero-order chi connectivity index (χ0) is 14.5. The molecule has 1 aromatic carbocycles. The number of benzene rings is 1. The van der Waals surface area contributed by atoms with Gasteiger partial charge < -0.3 is 15.8 Å². The summed E-state index contributed by atoms with van der Waals surface area (Å²) in [6.07, 6.45) is 1.31. The molecule has 0 aromatic heterocycles. The highest BCUT2D eigenvalue weighted by Crippen LogP contribution is 2.26. The Kier molecular flexibility index (Phi) is 5.15. The van der Waals surface area contributed by atoms with Crippen LogP contribution in [0.15, 0.2) is 30.3 Å². The summed E-state index contributed by atoms with van der Waals surface area (Å²) in [6, 6.07) is 9.19. The maximum Gasteiger partial charge on any atom is 0.239 e. The Morgan fingerprint density at radius 3 is 2.70 bits per heavy atom. The van der Waals surface area contributed by atoms with Crippen molar-refractivity contribution in [3.8, 4) is 0 Å². The number of hydrogen-bond acceptors (Lipinski definition) is 3. The van der Waals surface area contributed by atoms with Gasteiger partial charge >= 0.3 is 0 Å². The Morgan fingerprint density at radius 2 is 2.10 bits per heavy atom. The summed E-state index contributed by atoms with van der Waals surface area (Å²) in [5.74, 6) is 0.602. The zero-order valence-corrected chi connectivity index (χ0v) is 12.2. The van der Waals surface area contributed by atoms with Crippen LogP contribution < -0.4 is 11.1 Å². The van der Waals surface area contributed by atoms with Crippen molar-refractivity contribution >= 4 is 5.91 Å². The molecule has 3 N–H and O–H groups in total. The van der Waals surface area contributed by atoms with Crippen molar-refractivity contribution in [3.05, 3.63) is 35.9 Å². The fraction of sp³-hybridized carbons (Fsp3) is 0.562. The van der Waals surface area contributed by atoms with Gasteiger partial charge in [-0.1, -0.05) is 44.2 Å². The van der Waals surface area contributed by atoms with E-state index < -0.39 is 6.04 Å². The molecule has 20 heavy (non-hydrogen) atoms. The van der Waals surface area contributed by atoms with Gasteiger partial charge in [-0.2, -0.15) is 0 Å². The van der Waals surface area contributed by atoms with E-state index in [1.54, 1.807) is 0 Å². The van der Waals surface area contributed by atoms with E-state index in [4.69, 9.17) is 10.5 Å². The first-order valence-corrected chi connectivity index (χ1v) is 7.29. The fourth-order valence-corrected chi connectivity index (χ4v) is 2.91. The van der Waals surface area contributed by atoms with Crippen LogP contribution in [0.1, 0.15) is 31.9 Å². The molecular formula is C16H24N2O2. The molecule has 1 aliphatic rings. The molecule has 4 nitrogen and oxygen atoms in total. The molecule has 3 atom stereocenters. The van der Waals surface area contributed by atoms with Crippen LogP contribution in [0.3, 0.4) is 0 Å². The van der Waals surface area contributed by atoms with Crippen molar-refractivity contribution in [1.82, 2.24) is 5.32 Å². The third-order valence-corrected chi connectivity index (χ3v) is 3.92. The topological polar surface area (TPSA) is 64.3 Å². The number of carbonyl (C=O) groups excluding carboxylic acids is 1. The summed E-state index contributed by atoms with van der Waals surface area (Å²) < 4.78 is 5.77. The Labute approximate surface area is 120 Å². The van der Waals surface area contributed by atoms with E-state index in [-0.39, 0.29) is 12.0 Å². The normalized spacial score (nSPS) is 23.9. The lowest BCUT2D eigenvalue weighted by Gasteiger charge is -2.24. The first-order chi connectivity index (χ1) is 9.59. The second-order valence-corrected chi connectivity index (χ2v) is 5.78. The van der Waals surface area contributed by atoms with Crippen LogP contribution in [0.2, 0.25) is 0 Å². The lowest BCUT2D eigenvalue weighted by atomic mass is 9.92. The Morgan fingerprint density at radius 1 is 1.40 bits per heavy atom. The predicted molar refractivity (Wildman–Crippen MR) is 79.1 cm³/mol. The van der Waals surface area contributed by atoms with Gasteiger partial charge in [0, 0.05) is 19.1 Å². The maximum atomic E-state index is 11.6. The molecule has 0 spiro atoms. The highest BCUT2D eigenvalue weighted by molar-refractivity contribution is 5.81. The van der Waals surface area contributed by atoms with E-state index in [1.165, 1.54) is 0 Å². The number of hydrogen-bond donors (Lipinski definition) is 2. The van der Waals surface area contributed by atoms with Gasteiger partial charge in [-0.05, 0) is 17.9 Å². The lowest BCUT2D eigenvalue weighted by Crippen LogP contribution is -2.39. The van der Waals surface area contributed by atoms with Crippen LogP contribution in [0, 0.1) is 11.8 Å². The molecule has 0 bridgehead atoms. The summed E-state index contributed by atoms with van der Waals surface area (Å²) in [5, 5.41) is 3.31. The smallest absolute Gasteiger partial charge is 0.239 e. The summed E-state index contributed by atoms with van der Waals surface area (Å²) in [4.78, 5) is 11.6. The Balaban J connectivity index is 1.98. The minimum Gasteiger partial charge on any atom is -0.378 e. The zero-order valence-electron chi connectivity index (χ0n) is 12.2. The molecule has 0 radical (unpaired) electrons. The monoisotopic (exact) mass is 276 g/mol. The Bertz CT molecular complexity index is 433. The number of amides is 1. The third-order valence-electron chi connectivity index (χ3n) is 3.92. The van der Waals surface area contributed by atoms with Gasteiger partial charge in [0.15, 0.2) is 0 Å². The summed E-state index contributed by atoms with van der Waals surface area (Å²) in [6.45, 7) is 5.91. The number of nitrogens with one attached hydrogen (secondary N) is 1. The second-order valence-electron chi connectivity index (χ2n) is 5.78. The quantitative estimate of drug-likeness (QED) is 0.833. The van der Waals surface area contributed by atoms with Crippen molar-refractivity contribution in [2.45, 2.75) is 32.4 Å². The van der Waals surface area contributed by atoms with Gasteiger partial charge in [0.2, 0.25) is 5.91 Å². The molecule has 1 fully saturated rings. The molecule has 1 saturated heterocycles. The third kappa shape index (κ3) is 3.58. The molecule has 2 rings (SSSR count). The maximum absolute atomic E-state index is 11.6. The van der Waals surface area contributed by atoms with Crippen LogP contribution in [-0.2, 0) is 9.53 Å². The molecular weight excluding hydrogens is 252 g/mol. The number of primary amides is 1. The molecule has 1 unspecified atom stereocenters. The van der Waals surface area contributed by atoms with E-state index >= 15 is 0 Å². The largest absolute Gasteiger partial charge is 0.378 e.